The van der Waals surface area contributed by atoms with Crippen LogP contribution in [-0.2, 0) is 16.0 Å². The highest BCUT2D eigenvalue weighted by Crippen LogP contribution is 2.46. The number of nitrogens with zero attached hydrogens (tertiary/aromatic N) is 1. The number of amides is 1. The molecule has 39 heavy (non-hydrogen) atoms. The minimum Gasteiger partial charge on any atom is -0.507 e. The number of carbonyl (C=O) groups is 2. The summed E-state index contributed by atoms with van der Waals surface area (Å²) in [5.74, 6) is 0.288. The van der Waals surface area contributed by atoms with Crippen molar-refractivity contribution in [2.75, 3.05) is 41.1 Å². The Bertz CT molecular complexity index is 1410. The number of benzene rings is 3. The third-order valence-corrected chi connectivity index (χ3v) is 6.84. The van der Waals surface area contributed by atoms with E-state index in [4.69, 9.17) is 23.7 Å². The van der Waals surface area contributed by atoms with Gasteiger partial charge in [0.15, 0.2) is 23.0 Å². The molecular weight excluding hydrogens is 502 g/mol. The van der Waals surface area contributed by atoms with E-state index in [1.807, 2.05) is 30.3 Å². The Hall–Kier alpha value is -4.66. The highest BCUT2D eigenvalue weighted by molar-refractivity contribution is 6.46. The maximum absolute atomic E-state index is 13.5. The van der Waals surface area contributed by atoms with Gasteiger partial charge in [0.25, 0.3) is 11.7 Å². The van der Waals surface area contributed by atoms with Gasteiger partial charge in [0.1, 0.15) is 19.0 Å². The van der Waals surface area contributed by atoms with Crippen LogP contribution in [-0.4, -0.2) is 62.8 Å². The van der Waals surface area contributed by atoms with E-state index in [1.54, 1.807) is 30.3 Å². The average Bonchev–Trinajstić information content (AvgIpc) is 3.24. The lowest BCUT2D eigenvalue weighted by molar-refractivity contribution is -0.139. The van der Waals surface area contributed by atoms with Crippen LogP contribution < -0.4 is 23.7 Å². The fraction of sp³-hybridized carbons (Fsp3) is 0.267. The first kappa shape index (κ1) is 26.0. The summed E-state index contributed by atoms with van der Waals surface area (Å²) >= 11 is 0. The molecule has 0 spiro atoms. The predicted molar refractivity (Wildman–Crippen MR) is 143 cm³/mol. The topological polar surface area (TPSA) is 104 Å². The molecule has 0 aromatic heterocycles. The SMILES string of the molecule is COc1cc([C@@H]2C(=C(O)c3ccc4c(c3)OCCO4)C(=O)C(=O)N2CCc2ccccc2)cc(OC)c1OC. The molecule has 3 aromatic rings. The van der Waals surface area contributed by atoms with Crippen molar-refractivity contribution in [1.29, 1.82) is 0 Å². The Morgan fingerprint density at radius 3 is 2.21 bits per heavy atom. The number of carbonyl (C=O) groups excluding carboxylic acids is 2. The van der Waals surface area contributed by atoms with Gasteiger partial charge in [-0.15, -0.1) is 0 Å². The molecule has 1 saturated heterocycles. The molecule has 9 nitrogen and oxygen atoms in total. The molecule has 2 aliphatic rings. The molecule has 2 aliphatic heterocycles. The van der Waals surface area contributed by atoms with E-state index in [9.17, 15) is 14.7 Å². The van der Waals surface area contributed by atoms with Crippen molar-refractivity contribution in [3.8, 4) is 28.7 Å². The van der Waals surface area contributed by atoms with Crippen molar-refractivity contribution in [1.82, 2.24) is 4.90 Å². The standard InChI is InChI=1S/C30H29NO8/c1-35-23-16-20(17-24(36-2)29(23)37-3)26-25(27(32)19-9-10-21-22(15-19)39-14-13-38-21)28(33)30(34)31(26)12-11-18-7-5-4-6-8-18/h4-10,15-17,26,32H,11-14H2,1-3H3/t26-/m1/s1. The molecule has 0 unspecified atom stereocenters. The minimum absolute atomic E-state index is 0.0426. The summed E-state index contributed by atoms with van der Waals surface area (Å²) in [4.78, 5) is 28.4. The quantitative estimate of drug-likeness (QED) is 0.263. The van der Waals surface area contributed by atoms with Crippen molar-refractivity contribution >= 4 is 17.4 Å². The van der Waals surface area contributed by atoms with Crippen molar-refractivity contribution in [2.24, 2.45) is 0 Å². The number of hydrogen-bond donors (Lipinski definition) is 1. The van der Waals surface area contributed by atoms with Gasteiger partial charge in [0.05, 0.1) is 32.9 Å². The first-order valence-electron chi connectivity index (χ1n) is 12.5. The van der Waals surface area contributed by atoms with Crippen LogP contribution in [0.5, 0.6) is 28.7 Å². The fourth-order valence-corrected chi connectivity index (χ4v) is 4.96. The Morgan fingerprint density at radius 2 is 1.56 bits per heavy atom. The highest BCUT2D eigenvalue weighted by atomic mass is 16.6. The fourth-order valence-electron chi connectivity index (χ4n) is 4.96. The number of aliphatic hydroxyl groups excluding tert-OH is 1. The van der Waals surface area contributed by atoms with E-state index in [2.05, 4.69) is 0 Å². The molecule has 0 bridgehead atoms. The zero-order valence-electron chi connectivity index (χ0n) is 21.9. The Kier molecular flexibility index (Phi) is 7.31. The van der Waals surface area contributed by atoms with E-state index in [1.165, 1.54) is 26.2 Å². The van der Waals surface area contributed by atoms with Crippen LogP contribution in [0.1, 0.15) is 22.7 Å². The number of rotatable bonds is 8. The highest BCUT2D eigenvalue weighted by Gasteiger charge is 2.46. The van der Waals surface area contributed by atoms with Gasteiger partial charge in [0, 0.05) is 12.1 Å². The van der Waals surface area contributed by atoms with E-state index < -0.39 is 17.7 Å². The number of hydrogen-bond acceptors (Lipinski definition) is 8. The average molecular weight is 532 g/mol. The maximum atomic E-state index is 13.5. The Morgan fingerprint density at radius 1 is 0.897 bits per heavy atom. The van der Waals surface area contributed by atoms with Gasteiger partial charge in [-0.3, -0.25) is 9.59 Å². The summed E-state index contributed by atoms with van der Waals surface area (Å²) in [5, 5.41) is 11.5. The van der Waals surface area contributed by atoms with Crippen LogP contribution in [0, 0.1) is 0 Å². The number of likely N-dealkylation sites (tertiary alicyclic amines) is 1. The third kappa shape index (κ3) is 4.83. The molecule has 0 radical (unpaired) electrons. The van der Waals surface area contributed by atoms with Gasteiger partial charge in [-0.1, -0.05) is 30.3 Å². The van der Waals surface area contributed by atoms with Crippen LogP contribution in [0.15, 0.2) is 66.2 Å². The largest absolute Gasteiger partial charge is 0.507 e. The number of ketones is 1. The molecule has 0 saturated carbocycles. The molecule has 202 valence electrons. The lowest BCUT2D eigenvalue weighted by atomic mass is 9.94. The van der Waals surface area contributed by atoms with Crippen LogP contribution in [0.2, 0.25) is 0 Å². The third-order valence-electron chi connectivity index (χ3n) is 6.84. The second kappa shape index (κ2) is 11.0. The van der Waals surface area contributed by atoms with Gasteiger partial charge in [-0.05, 0) is 47.9 Å². The number of ether oxygens (including phenoxy) is 5. The zero-order valence-corrected chi connectivity index (χ0v) is 21.9. The molecule has 3 aromatic carbocycles. The predicted octanol–water partition coefficient (Wildman–Crippen LogP) is 4.15. The Balaban J connectivity index is 1.65. The lowest BCUT2D eigenvalue weighted by Crippen LogP contribution is -2.31. The van der Waals surface area contributed by atoms with Gasteiger partial charge in [-0.25, -0.2) is 0 Å². The van der Waals surface area contributed by atoms with Crippen LogP contribution in [0.25, 0.3) is 5.76 Å². The lowest BCUT2D eigenvalue weighted by Gasteiger charge is -2.27. The zero-order chi connectivity index (χ0) is 27.5. The molecular formula is C30H29NO8. The first-order valence-corrected chi connectivity index (χ1v) is 12.5. The second-order valence-electron chi connectivity index (χ2n) is 9.05. The van der Waals surface area contributed by atoms with Crippen LogP contribution in [0.3, 0.4) is 0 Å². The summed E-state index contributed by atoms with van der Waals surface area (Å²) in [6.45, 7) is 1.03. The first-order chi connectivity index (χ1) is 19.0. The molecule has 1 N–H and O–H groups in total. The van der Waals surface area contributed by atoms with Crippen molar-refractivity contribution < 1.29 is 38.4 Å². The summed E-state index contributed by atoms with van der Waals surface area (Å²) in [6.07, 6.45) is 0.513. The Labute approximate surface area is 226 Å². The summed E-state index contributed by atoms with van der Waals surface area (Å²) in [6, 6.07) is 17.0. The van der Waals surface area contributed by atoms with E-state index in [0.717, 1.165) is 5.56 Å². The van der Waals surface area contributed by atoms with Gasteiger partial charge in [0.2, 0.25) is 5.75 Å². The van der Waals surface area contributed by atoms with Crippen molar-refractivity contribution in [3.63, 3.8) is 0 Å². The minimum atomic E-state index is -0.907. The second-order valence-corrected chi connectivity index (χ2v) is 9.05. The van der Waals surface area contributed by atoms with E-state index >= 15 is 0 Å². The molecule has 1 fully saturated rings. The summed E-state index contributed by atoms with van der Waals surface area (Å²) in [5.41, 5.74) is 1.82. The van der Waals surface area contributed by atoms with Gasteiger partial charge in [-0.2, -0.15) is 0 Å². The van der Waals surface area contributed by atoms with Crippen LogP contribution >= 0.6 is 0 Å². The van der Waals surface area contributed by atoms with Crippen molar-refractivity contribution in [2.45, 2.75) is 12.5 Å². The summed E-state index contributed by atoms with van der Waals surface area (Å²) < 4.78 is 27.8. The monoisotopic (exact) mass is 531 g/mol. The number of Topliss-reactive ketones (excluding diaryl/α,β-unsaturated/α-hetero) is 1. The van der Waals surface area contributed by atoms with Crippen molar-refractivity contribution in [3.05, 3.63) is 82.9 Å². The van der Waals surface area contributed by atoms with Crippen LogP contribution in [0.4, 0.5) is 0 Å². The van der Waals surface area contributed by atoms with Gasteiger partial charge < -0.3 is 33.7 Å². The molecule has 1 atom stereocenters. The maximum Gasteiger partial charge on any atom is 0.295 e. The number of aliphatic hydroxyl groups is 1. The number of methoxy groups -OCH3 is 3. The van der Waals surface area contributed by atoms with E-state index in [0.29, 0.717) is 59.5 Å². The molecule has 5 rings (SSSR count). The normalized spacial score (nSPS) is 17.7. The molecule has 0 aliphatic carbocycles. The number of fused-ring (bicyclic) bond motifs is 1. The smallest absolute Gasteiger partial charge is 0.295 e. The van der Waals surface area contributed by atoms with Gasteiger partial charge >= 0.3 is 0 Å². The molecule has 9 heteroatoms. The molecule has 2 heterocycles. The van der Waals surface area contributed by atoms with E-state index in [-0.39, 0.29) is 17.9 Å². The molecule has 1 amide bonds. The summed E-state index contributed by atoms with van der Waals surface area (Å²) in [7, 11) is 4.47.